The van der Waals surface area contributed by atoms with Gasteiger partial charge in [-0.25, -0.2) is 0 Å². The van der Waals surface area contributed by atoms with E-state index in [2.05, 4.69) is 10.2 Å². The van der Waals surface area contributed by atoms with Crippen LogP contribution in [-0.4, -0.2) is 44.8 Å². The summed E-state index contributed by atoms with van der Waals surface area (Å²) in [5.41, 5.74) is 0.246. The predicted octanol–water partition coefficient (Wildman–Crippen LogP) is -0.0645. The van der Waals surface area contributed by atoms with Crippen molar-refractivity contribution in [2.75, 3.05) is 13.1 Å². The van der Waals surface area contributed by atoms with Crippen LogP contribution in [0.4, 0.5) is 0 Å². The van der Waals surface area contributed by atoms with Gasteiger partial charge >= 0.3 is 0 Å². The van der Waals surface area contributed by atoms with Crippen molar-refractivity contribution in [1.29, 1.82) is 0 Å². The van der Waals surface area contributed by atoms with Crippen LogP contribution < -0.4 is 0 Å². The maximum absolute atomic E-state index is 11.8. The number of hydrogen-bond donors (Lipinski definition) is 2. The Balaban J connectivity index is 1.54. The molecule has 1 aromatic heterocycles. The van der Waals surface area contributed by atoms with Gasteiger partial charge in [-0.3, -0.25) is 9.89 Å². The topological polar surface area (TPSA) is 69.2 Å². The highest BCUT2D eigenvalue weighted by Crippen LogP contribution is 2.44. The molecular formula is C11H15N3O2. The number of rotatable bonds is 3. The van der Waals surface area contributed by atoms with E-state index in [-0.39, 0.29) is 5.91 Å². The Hall–Kier alpha value is -1.36. The van der Waals surface area contributed by atoms with E-state index < -0.39 is 5.60 Å². The lowest BCUT2D eigenvalue weighted by Gasteiger charge is -2.47. The number of aromatic nitrogens is 2. The van der Waals surface area contributed by atoms with Gasteiger partial charge in [0, 0.05) is 11.9 Å². The van der Waals surface area contributed by atoms with Crippen molar-refractivity contribution in [2.24, 2.45) is 5.92 Å². The fourth-order valence-electron chi connectivity index (χ4n) is 2.33. The van der Waals surface area contributed by atoms with Gasteiger partial charge < -0.3 is 10.0 Å². The zero-order valence-electron chi connectivity index (χ0n) is 9.02. The smallest absolute Gasteiger partial charge is 0.228 e. The van der Waals surface area contributed by atoms with Crippen molar-refractivity contribution in [3.8, 4) is 0 Å². The first-order valence-electron chi connectivity index (χ1n) is 5.66. The first kappa shape index (κ1) is 9.84. The molecule has 1 aliphatic carbocycles. The maximum atomic E-state index is 11.8. The highest BCUT2D eigenvalue weighted by Gasteiger charge is 2.53. The average molecular weight is 221 g/mol. The van der Waals surface area contributed by atoms with Gasteiger partial charge in [-0.2, -0.15) is 5.10 Å². The Labute approximate surface area is 93.5 Å². The van der Waals surface area contributed by atoms with Gasteiger partial charge in [-0.05, 0) is 24.8 Å². The molecule has 5 nitrogen and oxygen atoms in total. The van der Waals surface area contributed by atoms with Crippen LogP contribution in [0.15, 0.2) is 12.3 Å². The second-order valence-corrected chi connectivity index (χ2v) is 4.89. The summed E-state index contributed by atoms with van der Waals surface area (Å²) in [5.74, 6) is 0.498. The molecule has 0 aromatic carbocycles. The van der Waals surface area contributed by atoms with Crippen molar-refractivity contribution in [1.82, 2.24) is 15.1 Å². The van der Waals surface area contributed by atoms with Crippen molar-refractivity contribution in [3.63, 3.8) is 0 Å². The van der Waals surface area contributed by atoms with Gasteiger partial charge in [-0.15, -0.1) is 0 Å². The maximum Gasteiger partial charge on any atom is 0.228 e. The van der Waals surface area contributed by atoms with Crippen LogP contribution in [0.1, 0.15) is 18.5 Å². The van der Waals surface area contributed by atoms with Crippen LogP contribution in [0.25, 0.3) is 0 Å². The summed E-state index contributed by atoms with van der Waals surface area (Å²) in [6.45, 7) is 1.01. The SMILES string of the molecule is O=C(Cc1ccn[nH]1)N1CC(O)(C2CC2)C1. The zero-order chi connectivity index (χ0) is 11.2. The summed E-state index contributed by atoms with van der Waals surface area (Å²) in [4.78, 5) is 13.5. The third-order valence-electron chi connectivity index (χ3n) is 3.52. The van der Waals surface area contributed by atoms with Gasteiger partial charge in [0.1, 0.15) is 5.60 Å². The monoisotopic (exact) mass is 221 g/mol. The molecule has 1 saturated carbocycles. The molecule has 1 amide bonds. The fraction of sp³-hybridized carbons (Fsp3) is 0.636. The van der Waals surface area contributed by atoms with Gasteiger partial charge in [0.15, 0.2) is 0 Å². The number of hydrogen-bond acceptors (Lipinski definition) is 3. The fourth-order valence-corrected chi connectivity index (χ4v) is 2.33. The number of β-amino-alcohol motifs (C(OH)–C–C–N with tert-alkyl or cyclic N) is 1. The van der Waals surface area contributed by atoms with Crippen molar-refractivity contribution < 1.29 is 9.90 Å². The normalized spacial score (nSPS) is 22.9. The lowest BCUT2D eigenvalue weighted by molar-refractivity contribution is -0.158. The standard InChI is InChI=1S/C11H15N3O2/c15-10(5-9-3-4-12-13-9)14-6-11(16,7-14)8-1-2-8/h3-4,8,16H,1-2,5-7H2,(H,12,13). The molecule has 2 heterocycles. The molecule has 5 heteroatoms. The van der Waals surface area contributed by atoms with E-state index in [9.17, 15) is 9.90 Å². The summed E-state index contributed by atoms with van der Waals surface area (Å²) in [6.07, 6.45) is 4.21. The van der Waals surface area contributed by atoms with Crippen LogP contribution in [0.2, 0.25) is 0 Å². The van der Waals surface area contributed by atoms with E-state index >= 15 is 0 Å². The Morgan fingerprint density at radius 3 is 2.94 bits per heavy atom. The number of carbonyl (C=O) groups is 1. The van der Waals surface area contributed by atoms with E-state index in [0.717, 1.165) is 18.5 Å². The number of likely N-dealkylation sites (tertiary alicyclic amines) is 1. The zero-order valence-corrected chi connectivity index (χ0v) is 9.02. The minimum absolute atomic E-state index is 0.0644. The number of amides is 1. The van der Waals surface area contributed by atoms with E-state index in [1.807, 2.05) is 0 Å². The van der Waals surface area contributed by atoms with Crippen molar-refractivity contribution >= 4 is 5.91 Å². The molecule has 0 radical (unpaired) electrons. The lowest BCUT2D eigenvalue weighted by Crippen LogP contribution is -2.65. The van der Waals surface area contributed by atoms with Crippen LogP contribution in [0.3, 0.4) is 0 Å². The molecule has 3 rings (SSSR count). The van der Waals surface area contributed by atoms with E-state index in [0.29, 0.717) is 25.4 Å². The highest BCUT2D eigenvalue weighted by molar-refractivity contribution is 5.79. The number of carbonyl (C=O) groups excluding carboxylic acids is 1. The quantitative estimate of drug-likeness (QED) is 0.751. The molecule has 16 heavy (non-hydrogen) atoms. The summed E-state index contributed by atoms with van der Waals surface area (Å²) < 4.78 is 0. The van der Waals surface area contributed by atoms with Gasteiger partial charge in [0.25, 0.3) is 0 Å². The molecule has 1 aromatic rings. The lowest BCUT2D eigenvalue weighted by atomic mass is 9.88. The molecule has 0 unspecified atom stereocenters. The summed E-state index contributed by atoms with van der Waals surface area (Å²) in [5, 5.41) is 16.6. The number of H-pyrrole nitrogens is 1. The molecule has 1 saturated heterocycles. The second kappa shape index (κ2) is 3.31. The van der Waals surface area contributed by atoms with Crippen LogP contribution in [-0.2, 0) is 11.2 Å². The summed E-state index contributed by atoms with van der Waals surface area (Å²) in [7, 11) is 0. The number of nitrogens with zero attached hydrogens (tertiary/aromatic N) is 2. The predicted molar refractivity (Wildman–Crippen MR) is 56.5 cm³/mol. The molecule has 2 fully saturated rings. The minimum atomic E-state index is -0.580. The van der Waals surface area contributed by atoms with Crippen LogP contribution in [0, 0.1) is 5.92 Å². The number of nitrogens with one attached hydrogen (secondary N) is 1. The first-order valence-corrected chi connectivity index (χ1v) is 5.66. The van der Waals surface area contributed by atoms with Gasteiger partial charge in [0.05, 0.1) is 19.5 Å². The van der Waals surface area contributed by atoms with Crippen molar-refractivity contribution in [3.05, 3.63) is 18.0 Å². The molecule has 2 aliphatic rings. The molecular weight excluding hydrogens is 206 g/mol. The van der Waals surface area contributed by atoms with Gasteiger partial charge in [0.2, 0.25) is 5.91 Å². The molecule has 0 atom stereocenters. The van der Waals surface area contributed by atoms with Gasteiger partial charge in [-0.1, -0.05) is 0 Å². The summed E-state index contributed by atoms with van der Waals surface area (Å²) in [6, 6.07) is 1.80. The Kier molecular flexibility index (Phi) is 2.04. The van der Waals surface area contributed by atoms with E-state index in [1.165, 1.54) is 0 Å². The molecule has 1 aliphatic heterocycles. The molecule has 0 spiro atoms. The van der Waals surface area contributed by atoms with Crippen LogP contribution in [0.5, 0.6) is 0 Å². The van der Waals surface area contributed by atoms with Crippen LogP contribution >= 0.6 is 0 Å². The second-order valence-electron chi connectivity index (χ2n) is 4.89. The first-order chi connectivity index (χ1) is 7.67. The highest BCUT2D eigenvalue weighted by atomic mass is 16.3. The Morgan fingerprint density at radius 1 is 1.62 bits per heavy atom. The Morgan fingerprint density at radius 2 is 2.38 bits per heavy atom. The summed E-state index contributed by atoms with van der Waals surface area (Å²) >= 11 is 0. The van der Waals surface area contributed by atoms with E-state index in [1.54, 1.807) is 17.2 Å². The Bertz CT molecular complexity index is 391. The largest absolute Gasteiger partial charge is 0.386 e. The molecule has 2 N–H and O–H groups in total. The minimum Gasteiger partial charge on any atom is -0.386 e. The average Bonchev–Trinajstić information content (AvgIpc) is 2.94. The van der Waals surface area contributed by atoms with Crippen molar-refractivity contribution in [2.45, 2.75) is 24.9 Å². The molecule has 86 valence electrons. The third kappa shape index (κ3) is 1.61. The number of aliphatic hydroxyl groups is 1. The number of aromatic amines is 1. The molecule has 0 bridgehead atoms. The third-order valence-corrected chi connectivity index (χ3v) is 3.52. The van der Waals surface area contributed by atoms with E-state index in [4.69, 9.17) is 0 Å².